The summed E-state index contributed by atoms with van der Waals surface area (Å²) in [5.74, 6) is -0.430. The molecule has 0 spiro atoms. The van der Waals surface area contributed by atoms with Gasteiger partial charge in [-0.25, -0.2) is 13.1 Å². The molecule has 0 unspecified atom stereocenters. The third-order valence-corrected chi connectivity index (χ3v) is 6.55. The summed E-state index contributed by atoms with van der Waals surface area (Å²) in [6.45, 7) is -0.151. The monoisotopic (exact) mass is 481 g/mol. The Morgan fingerprint density at radius 2 is 1.77 bits per heavy atom. The molecule has 1 heterocycles. The summed E-state index contributed by atoms with van der Waals surface area (Å²) in [5, 5.41) is 22.8. The van der Waals surface area contributed by atoms with Gasteiger partial charge in [0.05, 0.1) is 9.82 Å². The van der Waals surface area contributed by atoms with Crippen molar-refractivity contribution in [3.05, 3.63) is 74.2 Å². The number of carbonyl (C=O) groups is 1. The fourth-order valence-electron chi connectivity index (χ4n) is 2.46. The minimum Gasteiger partial charge on any atom is -0.300 e. The van der Waals surface area contributed by atoms with Crippen molar-refractivity contribution in [3.8, 4) is 0 Å². The number of non-ortho nitro benzene ring substituents is 1. The van der Waals surface area contributed by atoms with Crippen molar-refractivity contribution in [2.24, 2.45) is 0 Å². The first-order valence-corrected chi connectivity index (χ1v) is 11.5. The molecule has 0 aliphatic rings. The largest absolute Gasteiger partial charge is 0.300 e. The van der Waals surface area contributed by atoms with E-state index in [9.17, 15) is 23.3 Å². The molecule has 0 fully saturated rings. The van der Waals surface area contributed by atoms with Gasteiger partial charge in [0.15, 0.2) is 0 Å². The van der Waals surface area contributed by atoms with E-state index in [4.69, 9.17) is 11.6 Å². The highest BCUT2D eigenvalue weighted by Crippen LogP contribution is 2.20. The molecule has 2 aromatic carbocycles. The Kier molecular flexibility index (Phi) is 7.28. The quantitative estimate of drug-likeness (QED) is 0.353. The maximum Gasteiger partial charge on any atom is 0.269 e. The summed E-state index contributed by atoms with van der Waals surface area (Å²) in [6.07, 6.45) is 0.415. The normalized spacial score (nSPS) is 11.3. The summed E-state index contributed by atoms with van der Waals surface area (Å²) >= 11 is 7.08. The number of hydrogen-bond acceptors (Lipinski definition) is 8. The predicted molar refractivity (Wildman–Crippen MR) is 116 cm³/mol. The number of aromatic nitrogens is 2. The summed E-state index contributed by atoms with van der Waals surface area (Å²) in [5.41, 5.74) is 0.782. The summed E-state index contributed by atoms with van der Waals surface area (Å²) in [4.78, 5) is 22.0. The first-order chi connectivity index (χ1) is 14.7. The van der Waals surface area contributed by atoms with Crippen molar-refractivity contribution < 1.29 is 18.1 Å². The molecular formula is C18H16ClN5O5S2. The van der Waals surface area contributed by atoms with Crippen LogP contribution in [0.15, 0.2) is 53.4 Å². The van der Waals surface area contributed by atoms with Gasteiger partial charge in [-0.3, -0.25) is 14.9 Å². The Morgan fingerprint density at radius 3 is 2.42 bits per heavy atom. The highest BCUT2D eigenvalue weighted by molar-refractivity contribution is 7.89. The number of rotatable bonds is 9. The van der Waals surface area contributed by atoms with Crippen molar-refractivity contribution in [1.82, 2.24) is 14.9 Å². The third-order valence-electron chi connectivity index (χ3n) is 3.98. The number of halogens is 1. The molecule has 1 amide bonds. The molecule has 0 atom stereocenters. The number of anilines is 1. The molecule has 10 nitrogen and oxygen atoms in total. The second-order valence-corrected chi connectivity index (χ2v) is 9.52. The fraction of sp³-hybridized carbons (Fsp3) is 0.167. The maximum atomic E-state index is 12.2. The number of nitrogens with one attached hydrogen (secondary N) is 2. The van der Waals surface area contributed by atoms with Crippen LogP contribution in [0.5, 0.6) is 0 Å². The Bertz CT molecular complexity index is 1180. The maximum absolute atomic E-state index is 12.2. The Balaban J connectivity index is 1.48. The second kappa shape index (κ2) is 9.92. The van der Waals surface area contributed by atoms with Crippen LogP contribution in [0.1, 0.15) is 17.0 Å². The molecule has 0 aliphatic heterocycles. The van der Waals surface area contributed by atoms with E-state index in [2.05, 4.69) is 20.2 Å². The van der Waals surface area contributed by atoms with Crippen LogP contribution in [0.3, 0.4) is 0 Å². The smallest absolute Gasteiger partial charge is 0.269 e. The first kappa shape index (κ1) is 22.7. The van der Waals surface area contributed by atoms with Gasteiger partial charge in [0.2, 0.25) is 21.1 Å². The number of amides is 1. The standard InChI is InChI=1S/C18H16ClN5O5S2/c19-13-3-1-12(2-4-13)11-17-22-23-18(30-17)21-16(25)9-10-20-31(28,29)15-7-5-14(6-8-15)24(26)27/h1-8,20H,9-11H2,(H,21,23,25). The Morgan fingerprint density at radius 1 is 1.10 bits per heavy atom. The van der Waals surface area contributed by atoms with Gasteiger partial charge in [-0.15, -0.1) is 10.2 Å². The van der Waals surface area contributed by atoms with E-state index in [1.54, 1.807) is 12.1 Å². The van der Waals surface area contributed by atoms with E-state index in [1.807, 2.05) is 12.1 Å². The lowest BCUT2D eigenvalue weighted by Crippen LogP contribution is -2.27. The van der Waals surface area contributed by atoms with Crippen LogP contribution in [0.4, 0.5) is 10.8 Å². The van der Waals surface area contributed by atoms with Crippen LogP contribution in [0, 0.1) is 10.1 Å². The van der Waals surface area contributed by atoms with Gasteiger partial charge >= 0.3 is 0 Å². The fourth-order valence-corrected chi connectivity index (χ4v) is 4.41. The molecule has 1 aromatic heterocycles. The number of sulfonamides is 1. The topological polar surface area (TPSA) is 144 Å². The zero-order valence-corrected chi connectivity index (χ0v) is 18.2. The molecular weight excluding hydrogens is 466 g/mol. The van der Waals surface area contributed by atoms with Crippen LogP contribution >= 0.6 is 22.9 Å². The van der Waals surface area contributed by atoms with Crippen LogP contribution in [-0.2, 0) is 21.2 Å². The van der Waals surface area contributed by atoms with Gasteiger partial charge in [-0.1, -0.05) is 35.1 Å². The molecule has 3 aromatic rings. The first-order valence-electron chi connectivity index (χ1n) is 8.84. The molecule has 0 bridgehead atoms. The van der Waals surface area contributed by atoms with Crippen LogP contribution in [0.25, 0.3) is 0 Å². The molecule has 3 rings (SSSR count). The summed E-state index contributed by atoms with van der Waals surface area (Å²) in [7, 11) is -3.89. The highest BCUT2D eigenvalue weighted by atomic mass is 35.5. The highest BCUT2D eigenvalue weighted by Gasteiger charge is 2.16. The van der Waals surface area contributed by atoms with Gasteiger partial charge in [-0.05, 0) is 29.8 Å². The molecule has 0 radical (unpaired) electrons. The van der Waals surface area contributed by atoms with E-state index in [1.165, 1.54) is 11.3 Å². The Labute approximate surface area is 186 Å². The lowest BCUT2D eigenvalue weighted by Gasteiger charge is -2.06. The number of nitrogens with zero attached hydrogens (tertiary/aromatic N) is 3. The minimum atomic E-state index is -3.89. The van der Waals surface area contributed by atoms with E-state index >= 15 is 0 Å². The second-order valence-electron chi connectivity index (χ2n) is 6.25. The van der Waals surface area contributed by atoms with Crippen LogP contribution in [-0.4, -0.2) is 36.0 Å². The third kappa shape index (κ3) is 6.52. The van der Waals surface area contributed by atoms with Gasteiger partial charge < -0.3 is 5.32 Å². The molecule has 13 heteroatoms. The molecule has 31 heavy (non-hydrogen) atoms. The van der Waals surface area contributed by atoms with Crippen molar-refractivity contribution >= 4 is 49.7 Å². The number of benzene rings is 2. The van der Waals surface area contributed by atoms with Gasteiger partial charge in [0.25, 0.3) is 5.69 Å². The zero-order valence-electron chi connectivity index (χ0n) is 15.8. The average Bonchev–Trinajstić information content (AvgIpc) is 3.16. The number of nitro groups is 1. The molecule has 0 saturated carbocycles. The van der Waals surface area contributed by atoms with Gasteiger partial charge in [0.1, 0.15) is 5.01 Å². The van der Waals surface area contributed by atoms with Crippen LogP contribution < -0.4 is 10.0 Å². The summed E-state index contributed by atoms with van der Waals surface area (Å²) < 4.78 is 26.7. The lowest BCUT2D eigenvalue weighted by atomic mass is 10.2. The molecule has 162 valence electrons. The van der Waals surface area contributed by atoms with Crippen molar-refractivity contribution in [1.29, 1.82) is 0 Å². The van der Waals surface area contributed by atoms with E-state index in [0.29, 0.717) is 21.6 Å². The van der Waals surface area contributed by atoms with Crippen molar-refractivity contribution in [2.75, 3.05) is 11.9 Å². The SMILES string of the molecule is O=C(CCNS(=O)(=O)c1ccc([N+](=O)[O-])cc1)Nc1nnc(Cc2ccc(Cl)cc2)s1. The molecule has 0 aliphatic carbocycles. The lowest BCUT2D eigenvalue weighted by molar-refractivity contribution is -0.384. The average molecular weight is 482 g/mol. The van der Waals surface area contributed by atoms with Gasteiger partial charge in [0, 0.05) is 36.5 Å². The zero-order chi connectivity index (χ0) is 22.4. The number of carbonyl (C=O) groups excluding carboxylic acids is 1. The van der Waals surface area contributed by atoms with E-state index in [0.717, 1.165) is 29.8 Å². The van der Waals surface area contributed by atoms with E-state index < -0.39 is 20.9 Å². The van der Waals surface area contributed by atoms with E-state index in [-0.39, 0.29) is 23.5 Å². The molecule has 2 N–H and O–H groups in total. The predicted octanol–water partition coefficient (Wildman–Crippen LogP) is 3.00. The summed E-state index contributed by atoms with van der Waals surface area (Å²) in [6, 6.07) is 11.7. The van der Waals surface area contributed by atoms with Crippen molar-refractivity contribution in [2.45, 2.75) is 17.7 Å². The number of hydrogen-bond donors (Lipinski definition) is 2. The Hall–Kier alpha value is -2.93. The van der Waals surface area contributed by atoms with Crippen molar-refractivity contribution in [3.63, 3.8) is 0 Å². The van der Waals surface area contributed by atoms with Gasteiger partial charge in [-0.2, -0.15) is 0 Å². The number of nitro benzene ring substituents is 1. The minimum absolute atomic E-state index is 0.127. The van der Waals surface area contributed by atoms with Crippen LogP contribution in [0.2, 0.25) is 5.02 Å². The molecule has 0 saturated heterocycles.